The van der Waals surface area contributed by atoms with Crippen molar-refractivity contribution >= 4 is 44.8 Å². The van der Waals surface area contributed by atoms with Crippen molar-refractivity contribution in [3.8, 4) is 0 Å². The molecule has 1 nitrogen and oxygen atoms in total. The Hall–Kier alpha value is -0.840. The topological polar surface area (TPSA) is 12.0 Å². The van der Waals surface area contributed by atoms with E-state index in [1.807, 2.05) is 0 Å². The van der Waals surface area contributed by atoms with Crippen LogP contribution in [-0.2, 0) is 0 Å². The number of rotatable bonds is 3. The van der Waals surface area contributed by atoms with Crippen molar-refractivity contribution < 1.29 is 8.78 Å². The van der Waals surface area contributed by atoms with Gasteiger partial charge in [-0.1, -0.05) is 35.3 Å². The molecule has 0 aliphatic heterocycles. The SMILES string of the molecule is CC(Nc1ccc(Br)c(Cl)c1Cl)c1cccc(F)c1F. The second-order valence-corrected chi connectivity index (χ2v) is 5.84. The first-order valence-electron chi connectivity index (χ1n) is 5.75. The molecular formula is C14H10BrCl2F2N. The Kier molecular flexibility index (Phi) is 4.89. The summed E-state index contributed by atoms with van der Waals surface area (Å²) in [6, 6.07) is 7.04. The molecule has 20 heavy (non-hydrogen) atoms. The van der Waals surface area contributed by atoms with Crippen molar-refractivity contribution in [2.24, 2.45) is 0 Å². The number of anilines is 1. The number of halogens is 5. The van der Waals surface area contributed by atoms with Crippen LogP contribution in [0.3, 0.4) is 0 Å². The molecule has 0 amide bonds. The minimum atomic E-state index is -0.879. The Morgan fingerprint density at radius 3 is 2.50 bits per heavy atom. The molecule has 0 fully saturated rings. The first-order chi connectivity index (χ1) is 9.41. The molecule has 0 bridgehead atoms. The maximum absolute atomic E-state index is 13.7. The van der Waals surface area contributed by atoms with Gasteiger partial charge in [0.1, 0.15) is 0 Å². The Morgan fingerprint density at radius 2 is 1.80 bits per heavy atom. The van der Waals surface area contributed by atoms with Crippen LogP contribution < -0.4 is 5.32 Å². The molecule has 2 aromatic carbocycles. The van der Waals surface area contributed by atoms with Gasteiger partial charge in [-0.3, -0.25) is 0 Å². The third-order valence-corrected chi connectivity index (χ3v) is 4.63. The predicted octanol–water partition coefficient (Wildman–Crippen LogP) is 6.21. The zero-order chi connectivity index (χ0) is 14.9. The molecule has 1 unspecified atom stereocenters. The van der Waals surface area contributed by atoms with Crippen LogP contribution in [0.4, 0.5) is 14.5 Å². The molecule has 0 saturated heterocycles. The fraction of sp³-hybridized carbons (Fsp3) is 0.143. The molecule has 0 spiro atoms. The third kappa shape index (κ3) is 3.08. The molecule has 0 saturated carbocycles. The lowest BCUT2D eigenvalue weighted by atomic mass is 10.1. The molecule has 1 N–H and O–H groups in total. The highest BCUT2D eigenvalue weighted by atomic mass is 79.9. The Balaban J connectivity index is 2.30. The van der Waals surface area contributed by atoms with Gasteiger partial charge in [0, 0.05) is 10.0 Å². The minimum absolute atomic E-state index is 0.222. The normalized spacial score (nSPS) is 12.3. The van der Waals surface area contributed by atoms with Gasteiger partial charge < -0.3 is 5.32 Å². The quantitative estimate of drug-likeness (QED) is 0.624. The summed E-state index contributed by atoms with van der Waals surface area (Å²) in [5.74, 6) is -1.75. The molecular weight excluding hydrogens is 371 g/mol. The summed E-state index contributed by atoms with van der Waals surface area (Å²) in [7, 11) is 0. The van der Waals surface area contributed by atoms with Crippen molar-refractivity contribution in [3.05, 3.63) is 62.0 Å². The molecule has 106 valence electrons. The first-order valence-corrected chi connectivity index (χ1v) is 7.30. The zero-order valence-electron chi connectivity index (χ0n) is 10.4. The summed E-state index contributed by atoms with van der Waals surface area (Å²) in [6.45, 7) is 1.71. The second kappa shape index (κ2) is 6.29. The summed E-state index contributed by atoms with van der Waals surface area (Å²) in [5, 5.41) is 3.71. The molecule has 0 aliphatic rings. The highest BCUT2D eigenvalue weighted by molar-refractivity contribution is 9.10. The largest absolute Gasteiger partial charge is 0.377 e. The van der Waals surface area contributed by atoms with E-state index in [1.165, 1.54) is 12.1 Å². The van der Waals surface area contributed by atoms with E-state index in [-0.39, 0.29) is 5.56 Å². The fourth-order valence-electron chi connectivity index (χ4n) is 1.80. The van der Waals surface area contributed by atoms with Crippen molar-refractivity contribution in [2.45, 2.75) is 13.0 Å². The zero-order valence-corrected chi connectivity index (χ0v) is 13.5. The van der Waals surface area contributed by atoms with Crippen LogP contribution in [0.5, 0.6) is 0 Å². The van der Waals surface area contributed by atoms with Crippen LogP contribution in [0.25, 0.3) is 0 Å². The van der Waals surface area contributed by atoms with Gasteiger partial charge >= 0.3 is 0 Å². The molecule has 2 aromatic rings. The van der Waals surface area contributed by atoms with Crippen LogP contribution >= 0.6 is 39.1 Å². The first kappa shape index (κ1) is 15.5. The predicted molar refractivity (Wildman–Crippen MR) is 82.6 cm³/mol. The van der Waals surface area contributed by atoms with E-state index in [0.717, 1.165) is 6.07 Å². The van der Waals surface area contributed by atoms with E-state index in [1.54, 1.807) is 19.1 Å². The standard InChI is InChI=1S/C14H10BrCl2F2N/c1-7(8-3-2-4-10(18)14(8)19)20-11-6-5-9(15)12(16)13(11)17/h2-7,20H,1H3. The van der Waals surface area contributed by atoms with Gasteiger partial charge in [0.05, 0.1) is 21.8 Å². The number of nitrogens with one attached hydrogen (secondary N) is 1. The van der Waals surface area contributed by atoms with Gasteiger partial charge in [-0.25, -0.2) is 8.78 Å². The summed E-state index contributed by atoms with van der Waals surface area (Å²) in [4.78, 5) is 0. The van der Waals surface area contributed by atoms with E-state index in [4.69, 9.17) is 23.2 Å². The Bertz CT molecular complexity index is 649. The number of hydrogen-bond donors (Lipinski definition) is 1. The monoisotopic (exact) mass is 379 g/mol. The third-order valence-electron chi connectivity index (χ3n) is 2.86. The van der Waals surface area contributed by atoms with Crippen molar-refractivity contribution in [1.82, 2.24) is 0 Å². The van der Waals surface area contributed by atoms with Gasteiger partial charge in [0.25, 0.3) is 0 Å². The van der Waals surface area contributed by atoms with Crippen LogP contribution in [0.15, 0.2) is 34.8 Å². The molecule has 2 rings (SSSR count). The fourth-order valence-corrected chi connectivity index (χ4v) is 2.63. The van der Waals surface area contributed by atoms with Gasteiger partial charge in [0.2, 0.25) is 0 Å². The summed E-state index contributed by atoms with van der Waals surface area (Å²) >= 11 is 15.4. The van der Waals surface area contributed by atoms with E-state index in [2.05, 4.69) is 21.2 Å². The lowest BCUT2D eigenvalue weighted by Gasteiger charge is -2.18. The van der Waals surface area contributed by atoms with Crippen LogP contribution in [0, 0.1) is 11.6 Å². The average molecular weight is 381 g/mol. The van der Waals surface area contributed by atoms with E-state index in [9.17, 15) is 8.78 Å². The van der Waals surface area contributed by atoms with Crippen molar-refractivity contribution in [3.63, 3.8) is 0 Å². The lowest BCUT2D eigenvalue weighted by molar-refractivity contribution is 0.494. The van der Waals surface area contributed by atoms with Crippen LogP contribution in [-0.4, -0.2) is 0 Å². The van der Waals surface area contributed by atoms with Gasteiger partial charge in [-0.2, -0.15) is 0 Å². The second-order valence-electron chi connectivity index (χ2n) is 4.23. The van der Waals surface area contributed by atoms with Crippen molar-refractivity contribution in [1.29, 1.82) is 0 Å². The smallest absolute Gasteiger partial charge is 0.164 e. The molecule has 0 aromatic heterocycles. The molecule has 1 atom stereocenters. The van der Waals surface area contributed by atoms with Gasteiger partial charge in [-0.05, 0) is 41.1 Å². The summed E-state index contributed by atoms with van der Waals surface area (Å²) in [6.07, 6.45) is 0. The lowest BCUT2D eigenvalue weighted by Crippen LogP contribution is -2.10. The van der Waals surface area contributed by atoms with Crippen LogP contribution in [0.2, 0.25) is 10.0 Å². The highest BCUT2D eigenvalue weighted by Gasteiger charge is 2.16. The summed E-state index contributed by atoms with van der Waals surface area (Å²) in [5.41, 5.74) is 0.774. The number of benzene rings is 2. The van der Waals surface area contributed by atoms with Crippen LogP contribution in [0.1, 0.15) is 18.5 Å². The highest BCUT2D eigenvalue weighted by Crippen LogP contribution is 2.37. The van der Waals surface area contributed by atoms with E-state index < -0.39 is 17.7 Å². The van der Waals surface area contributed by atoms with E-state index in [0.29, 0.717) is 20.2 Å². The summed E-state index contributed by atoms with van der Waals surface area (Å²) < 4.78 is 27.6. The maximum atomic E-state index is 13.7. The molecule has 6 heteroatoms. The van der Waals surface area contributed by atoms with E-state index >= 15 is 0 Å². The Morgan fingerprint density at radius 1 is 1.10 bits per heavy atom. The Labute approximate surface area is 134 Å². The number of hydrogen-bond acceptors (Lipinski definition) is 1. The minimum Gasteiger partial charge on any atom is -0.377 e. The molecule has 0 heterocycles. The van der Waals surface area contributed by atoms with Gasteiger partial charge in [0.15, 0.2) is 11.6 Å². The molecule has 0 aliphatic carbocycles. The molecule has 0 radical (unpaired) electrons. The average Bonchev–Trinajstić information content (AvgIpc) is 2.42. The van der Waals surface area contributed by atoms with Gasteiger partial charge in [-0.15, -0.1) is 0 Å². The van der Waals surface area contributed by atoms with Crippen molar-refractivity contribution in [2.75, 3.05) is 5.32 Å². The maximum Gasteiger partial charge on any atom is 0.164 e.